The Morgan fingerprint density at radius 2 is 1.88 bits per heavy atom. The number of rotatable bonds is 6. The summed E-state index contributed by atoms with van der Waals surface area (Å²) in [6.45, 7) is 3.39. The molecule has 4 nitrogen and oxygen atoms in total. The molecule has 0 heterocycles. The fraction of sp³-hybridized carbons (Fsp3) is 0.294. The minimum atomic E-state index is -4.57. The first-order chi connectivity index (χ1) is 11.3. The molecular weight excluding hydrogens is 321 g/mol. The van der Waals surface area contributed by atoms with Crippen molar-refractivity contribution in [2.75, 3.05) is 18.4 Å². The smallest absolute Gasteiger partial charge is 0.330 e. The molecule has 0 aliphatic heterocycles. The molecule has 0 atom stereocenters. The summed E-state index contributed by atoms with van der Waals surface area (Å²) in [5, 5.41) is 2.21. The number of carbonyl (C=O) groups is 2. The number of hydrogen-bond acceptors (Lipinski definition) is 2. The Balaban J connectivity index is 2.80. The van der Waals surface area contributed by atoms with Crippen LogP contribution < -0.4 is 5.32 Å². The molecule has 0 saturated carbocycles. The number of carbonyl (C=O) groups excluding carboxylic acids is 2. The molecule has 0 spiro atoms. The zero-order valence-corrected chi connectivity index (χ0v) is 13.4. The molecule has 0 aliphatic rings. The Morgan fingerprint density at radius 1 is 1.21 bits per heavy atom. The maximum atomic E-state index is 12.9. The predicted octanol–water partition coefficient (Wildman–Crippen LogP) is 3.62. The van der Waals surface area contributed by atoms with Gasteiger partial charge in [-0.3, -0.25) is 9.59 Å². The number of alkyl halides is 3. The van der Waals surface area contributed by atoms with Crippen molar-refractivity contribution in [3.63, 3.8) is 0 Å². The molecule has 1 aromatic carbocycles. The number of allylic oxidation sites excluding steroid dienone is 3. The Hall–Kier alpha value is -2.57. The number of para-hydroxylation sites is 1. The van der Waals surface area contributed by atoms with E-state index in [1.165, 1.54) is 35.3 Å². The lowest BCUT2D eigenvalue weighted by atomic mass is 10.1. The molecule has 0 bridgehead atoms. The molecule has 130 valence electrons. The van der Waals surface area contributed by atoms with Gasteiger partial charge in [-0.1, -0.05) is 30.4 Å². The van der Waals surface area contributed by atoms with Crippen LogP contribution >= 0.6 is 0 Å². The van der Waals surface area contributed by atoms with Crippen LogP contribution in [0.5, 0.6) is 0 Å². The van der Waals surface area contributed by atoms with E-state index in [1.54, 1.807) is 26.0 Å². The highest BCUT2D eigenvalue weighted by molar-refractivity contribution is 5.97. The van der Waals surface area contributed by atoms with E-state index >= 15 is 0 Å². The lowest BCUT2D eigenvalue weighted by Gasteiger charge is -2.19. The van der Waals surface area contributed by atoms with E-state index in [2.05, 4.69) is 5.32 Å². The molecular formula is C17H19F3N2O2. The van der Waals surface area contributed by atoms with Crippen molar-refractivity contribution in [1.82, 2.24) is 4.90 Å². The van der Waals surface area contributed by atoms with Crippen LogP contribution in [0, 0.1) is 0 Å². The second-order valence-corrected chi connectivity index (χ2v) is 4.83. The van der Waals surface area contributed by atoms with E-state index in [0.29, 0.717) is 0 Å². The van der Waals surface area contributed by atoms with Gasteiger partial charge in [-0.2, -0.15) is 13.2 Å². The van der Waals surface area contributed by atoms with Crippen molar-refractivity contribution in [2.45, 2.75) is 20.0 Å². The first-order valence-corrected chi connectivity index (χ1v) is 7.34. The normalized spacial score (nSPS) is 11.9. The van der Waals surface area contributed by atoms with Gasteiger partial charge in [0.25, 0.3) is 0 Å². The van der Waals surface area contributed by atoms with Crippen molar-refractivity contribution in [1.29, 1.82) is 0 Å². The molecule has 24 heavy (non-hydrogen) atoms. The van der Waals surface area contributed by atoms with Gasteiger partial charge in [-0.25, -0.2) is 0 Å². The highest BCUT2D eigenvalue weighted by atomic mass is 19.4. The Labute approximate surface area is 138 Å². The van der Waals surface area contributed by atoms with Gasteiger partial charge in [0.05, 0.1) is 11.3 Å². The number of halogens is 3. The predicted molar refractivity (Wildman–Crippen MR) is 86.3 cm³/mol. The molecule has 0 fully saturated rings. The second-order valence-electron chi connectivity index (χ2n) is 4.83. The van der Waals surface area contributed by atoms with Crippen LogP contribution in [0.3, 0.4) is 0 Å². The number of likely N-dealkylation sites (N-methyl/N-ethyl adjacent to an activating group) is 1. The van der Waals surface area contributed by atoms with Gasteiger partial charge in [0, 0.05) is 12.6 Å². The molecule has 1 aromatic rings. The van der Waals surface area contributed by atoms with Gasteiger partial charge >= 0.3 is 6.18 Å². The topological polar surface area (TPSA) is 49.4 Å². The van der Waals surface area contributed by atoms with Gasteiger partial charge in [0.15, 0.2) is 0 Å². The highest BCUT2D eigenvalue weighted by Crippen LogP contribution is 2.34. The molecule has 0 radical (unpaired) electrons. The van der Waals surface area contributed by atoms with Crippen LogP contribution in [-0.4, -0.2) is 29.8 Å². The van der Waals surface area contributed by atoms with Gasteiger partial charge in [-0.05, 0) is 26.0 Å². The van der Waals surface area contributed by atoms with E-state index in [-0.39, 0.29) is 18.8 Å². The Morgan fingerprint density at radius 3 is 2.46 bits per heavy atom. The van der Waals surface area contributed by atoms with Crippen LogP contribution in [0.2, 0.25) is 0 Å². The number of nitrogens with one attached hydrogen (secondary N) is 1. The van der Waals surface area contributed by atoms with Crippen LogP contribution in [0.25, 0.3) is 0 Å². The monoisotopic (exact) mass is 340 g/mol. The summed E-state index contributed by atoms with van der Waals surface area (Å²) < 4.78 is 38.7. The van der Waals surface area contributed by atoms with E-state index in [4.69, 9.17) is 0 Å². The Kier molecular flexibility index (Phi) is 7.23. The summed E-state index contributed by atoms with van der Waals surface area (Å²) in [5.41, 5.74) is -1.26. The maximum Gasteiger partial charge on any atom is 0.418 e. The lowest BCUT2D eigenvalue weighted by molar-refractivity contribution is -0.137. The minimum Gasteiger partial charge on any atom is -0.330 e. The summed E-state index contributed by atoms with van der Waals surface area (Å²) in [6, 6.07) is 4.70. The second kappa shape index (κ2) is 8.90. The molecule has 2 amide bonds. The zero-order chi connectivity index (χ0) is 18.2. The molecule has 0 aliphatic carbocycles. The van der Waals surface area contributed by atoms with E-state index in [1.807, 2.05) is 0 Å². The van der Waals surface area contributed by atoms with Gasteiger partial charge in [0.2, 0.25) is 11.8 Å². The average molecular weight is 340 g/mol. The quantitative estimate of drug-likeness (QED) is 0.635. The molecule has 0 saturated heterocycles. The fourth-order valence-corrected chi connectivity index (χ4v) is 1.90. The van der Waals surface area contributed by atoms with E-state index < -0.39 is 23.6 Å². The summed E-state index contributed by atoms with van der Waals surface area (Å²) in [7, 11) is 0. The largest absolute Gasteiger partial charge is 0.418 e. The van der Waals surface area contributed by atoms with Crippen molar-refractivity contribution in [2.24, 2.45) is 0 Å². The number of hydrogen-bond donors (Lipinski definition) is 1. The van der Waals surface area contributed by atoms with E-state index in [9.17, 15) is 22.8 Å². The number of anilines is 1. The number of amides is 2. The maximum absolute atomic E-state index is 12.9. The van der Waals surface area contributed by atoms with Crippen molar-refractivity contribution >= 4 is 17.5 Å². The third kappa shape index (κ3) is 5.91. The minimum absolute atomic E-state index is 0.257. The van der Waals surface area contributed by atoms with Crippen LogP contribution in [0.15, 0.2) is 48.6 Å². The molecule has 7 heteroatoms. The fourth-order valence-electron chi connectivity index (χ4n) is 1.90. The van der Waals surface area contributed by atoms with Crippen molar-refractivity contribution < 1.29 is 22.8 Å². The first kappa shape index (κ1) is 19.5. The first-order valence-electron chi connectivity index (χ1n) is 7.34. The van der Waals surface area contributed by atoms with Gasteiger partial charge in [0.1, 0.15) is 6.54 Å². The lowest BCUT2D eigenvalue weighted by Crippen LogP contribution is -2.37. The molecule has 0 aromatic heterocycles. The highest BCUT2D eigenvalue weighted by Gasteiger charge is 2.33. The number of benzene rings is 1. The van der Waals surface area contributed by atoms with Crippen molar-refractivity contribution in [3.05, 3.63) is 54.1 Å². The van der Waals surface area contributed by atoms with E-state index in [0.717, 1.165) is 6.07 Å². The third-order valence-electron chi connectivity index (χ3n) is 3.08. The van der Waals surface area contributed by atoms with Crippen LogP contribution in [0.1, 0.15) is 19.4 Å². The summed E-state index contributed by atoms with van der Waals surface area (Å²) in [4.78, 5) is 25.1. The third-order valence-corrected chi connectivity index (χ3v) is 3.08. The summed E-state index contributed by atoms with van der Waals surface area (Å²) in [6.07, 6.45) is 1.65. The van der Waals surface area contributed by atoms with Crippen LogP contribution in [0.4, 0.5) is 18.9 Å². The SMILES string of the molecule is C/C=C/C=C/C(=O)N(CC)CC(=O)Nc1ccccc1C(F)(F)F. The zero-order valence-electron chi connectivity index (χ0n) is 13.4. The van der Waals surface area contributed by atoms with Gasteiger partial charge in [-0.15, -0.1) is 0 Å². The Bertz CT molecular complexity index is 637. The van der Waals surface area contributed by atoms with Crippen molar-refractivity contribution in [3.8, 4) is 0 Å². The molecule has 1 N–H and O–H groups in total. The average Bonchev–Trinajstić information content (AvgIpc) is 2.52. The van der Waals surface area contributed by atoms with Crippen LogP contribution in [-0.2, 0) is 15.8 Å². The molecule has 0 unspecified atom stereocenters. The summed E-state index contributed by atoms with van der Waals surface area (Å²) in [5.74, 6) is -1.09. The summed E-state index contributed by atoms with van der Waals surface area (Å²) >= 11 is 0. The molecule has 1 rings (SSSR count). The standard InChI is InChI=1S/C17H19F3N2O2/c1-3-5-6-11-16(24)22(4-2)12-15(23)21-14-10-8-7-9-13(14)17(18,19)20/h3,5-11H,4,12H2,1-2H3,(H,21,23)/b5-3+,11-6+. The van der Waals surface area contributed by atoms with Gasteiger partial charge < -0.3 is 10.2 Å². The number of nitrogens with zero attached hydrogens (tertiary/aromatic N) is 1.